The summed E-state index contributed by atoms with van der Waals surface area (Å²) in [6, 6.07) is 0. The Bertz CT molecular complexity index is 314. The van der Waals surface area contributed by atoms with Crippen LogP contribution in [-0.4, -0.2) is 47.7 Å². The van der Waals surface area contributed by atoms with E-state index in [4.69, 9.17) is 15.7 Å². The first kappa shape index (κ1) is 15.8. The van der Waals surface area contributed by atoms with Gasteiger partial charge in [0.25, 0.3) is 0 Å². The molecule has 1 saturated carbocycles. The number of amides is 1. The number of rotatable bonds is 8. The molecule has 0 heterocycles. The van der Waals surface area contributed by atoms with E-state index in [2.05, 4.69) is 5.16 Å². The fourth-order valence-corrected chi connectivity index (χ4v) is 2.35. The van der Waals surface area contributed by atoms with Crippen molar-refractivity contribution in [3.63, 3.8) is 0 Å². The van der Waals surface area contributed by atoms with E-state index in [-0.39, 0.29) is 11.7 Å². The van der Waals surface area contributed by atoms with Gasteiger partial charge in [-0.15, -0.1) is 0 Å². The Morgan fingerprint density at radius 3 is 2.68 bits per heavy atom. The minimum atomic E-state index is 0.146. The lowest BCUT2D eigenvalue weighted by molar-refractivity contribution is -0.134. The van der Waals surface area contributed by atoms with Gasteiger partial charge in [0.15, 0.2) is 0 Å². The summed E-state index contributed by atoms with van der Waals surface area (Å²) in [5, 5.41) is 11.4. The van der Waals surface area contributed by atoms with Crippen LogP contribution in [0.3, 0.4) is 0 Å². The number of nitrogens with zero attached hydrogens (tertiary/aromatic N) is 2. The summed E-state index contributed by atoms with van der Waals surface area (Å²) in [4.78, 5) is 13.8. The summed E-state index contributed by atoms with van der Waals surface area (Å²) in [6.45, 7) is 5.83. The highest BCUT2D eigenvalue weighted by Crippen LogP contribution is 2.33. The van der Waals surface area contributed by atoms with Crippen molar-refractivity contribution in [1.82, 2.24) is 4.90 Å². The third-order valence-corrected chi connectivity index (χ3v) is 3.56. The van der Waals surface area contributed by atoms with Crippen molar-refractivity contribution >= 4 is 11.7 Å². The maximum atomic E-state index is 12.1. The van der Waals surface area contributed by atoms with Crippen LogP contribution in [0.4, 0.5) is 0 Å². The zero-order chi connectivity index (χ0) is 14.3. The Hall–Kier alpha value is -1.30. The van der Waals surface area contributed by atoms with E-state index in [9.17, 15) is 4.79 Å². The molecule has 0 spiro atoms. The normalized spacial score (nSPS) is 22.9. The number of oxime groups is 1. The number of nitrogens with two attached hydrogens (primary N) is 1. The molecular formula is C13H25N3O3. The SMILES string of the molecule is CCOC1CC(CC(=O)N(CC)CCC(N)=NO)C1. The Kier molecular flexibility index (Phi) is 6.62. The van der Waals surface area contributed by atoms with Crippen molar-refractivity contribution in [2.24, 2.45) is 16.8 Å². The molecule has 0 radical (unpaired) electrons. The third-order valence-electron chi connectivity index (χ3n) is 3.56. The number of carbonyl (C=O) groups is 1. The van der Waals surface area contributed by atoms with Gasteiger partial charge in [-0.2, -0.15) is 0 Å². The number of ether oxygens (including phenoxy) is 1. The Balaban J connectivity index is 2.27. The number of hydrogen-bond donors (Lipinski definition) is 2. The highest BCUT2D eigenvalue weighted by atomic mass is 16.5. The van der Waals surface area contributed by atoms with Crippen LogP contribution in [0.25, 0.3) is 0 Å². The molecule has 0 aromatic heterocycles. The molecule has 6 nitrogen and oxygen atoms in total. The van der Waals surface area contributed by atoms with Gasteiger partial charge in [0.05, 0.1) is 6.10 Å². The van der Waals surface area contributed by atoms with Crippen molar-refractivity contribution in [1.29, 1.82) is 0 Å². The molecular weight excluding hydrogens is 246 g/mol. The van der Waals surface area contributed by atoms with Gasteiger partial charge in [-0.3, -0.25) is 4.79 Å². The van der Waals surface area contributed by atoms with Crippen molar-refractivity contribution in [2.75, 3.05) is 19.7 Å². The molecule has 0 bridgehead atoms. The zero-order valence-corrected chi connectivity index (χ0v) is 11.8. The number of amidine groups is 1. The highest BCUT2D eigenvalue weighted by Gasteiger charge is 2.32. The van der Waals surface area contributed by atoms with Gasteiger partial charge in [-0.1, -0.05) is 5.16 Å². The molecule has 0 aliphatic heterocycles. The molecule has 3 N–H and O–H groups in total. The maximum Gasteiger partial charge on any atom is 0.222 e. The van der Waals surface area contributed by atoms with E-state index in [0.29, 0.717) is 38.0 Å². The second-order valence-corrected chi connectivity index (χ2v) is 4.93. The molecule has 1 aliphatic rings. The number of hydrogen-bond acceptors (Lipinski definition) is 4. The second-order valence-electron chi connectivity index (χ2n) is 4.93. The summed E-state index contributed by atoms with van der Waals surface area (Å²) >= 11 is 0. The molecule has 110 valence electrons. The Morgan fingerprint density at radius 1 is 1.47 bits per heavy atom. The van der Waals surface area contributed by atoms with Crippen LogP contribution in [0, 0.1) is 5.92 Å². The summed E-state index contributed by atoms with van der Waals surface area (Å²) in [5.74, 6) is 0.751. The van der Waals surface area contributed by atoms with Gasteiger partial charge in [0, 0.05) is 32.5 Å². The first-order valence-corrected chi connectivity index (χ1v) is 6.96. The van der Waals surface area contributed by atoms with Crippen LogP contribution in [0.2, 0.25) is 0 Å². The molecule has 1 aliphatic carbocycles. The molecule has 1 fully saturated rings. The van der Waals surface area contributed by atoms with Crippen LogP contribution >= 0.6 is 0 Å². The standard InChI is InChI=1S/C13H25N3O3/c1-3-16(6-5-12(14)15-18)13(17)9-10-7-11(8-10)19-4-2/h10-11,18H,3-9H2,1-2H3,(H2,14,15). The lowest BCUT2D eigenvalue weighted by Gasteiger charge is -2.35. The first-order valence-electron chi connectivity index (χ1n) is 6.96. The molecule has 19 heavy (non-hydrogen) atoms. The molecule has 0 unspecified atom stereocenters. The van der Waals surface area contributed by atoms with Crippen molar-refractivity contribution in [2.45, 2.75) is 45.6 Å². The molecule has 0 saturated heterocycles. The highest BCUT2D eigenvalue weighted by molar-refractivity contribution is 5.81. The van der Waals surface area contributed by atoms with E-state index in [1.54, 1.807) is 4.90 Å². The molecule has 0 aromatic carbocycles. The summed E-state index contributed by atoms with van der Waals surface area (Å²) in [5.41, 5.74) is 5.41. The molecule has 6 heteroatoms. The van der Waals surface area contributed by atoms with Crippen LogP contribution < -0.4 is 5.73 Å². The fraction of sp³-hybridized carbons (Fsp3) is 0.846. The van der Waals surface area contributed by atoms with Gasteiger partial charge in [0.2, 0.25) is 5.91 Å². The molecule has 0 atom stereocenters. The summed E-state index contributed by atoms with van der Waals surface area (Å²) in [7, 11) is 0. The predicted octanol–water partition coefficient (Wildman–Crippen LogP) is 1.18. The molecule has 0 aromatic rings. The van der Waals surface area contributed by atoms with E-state index < -0.39 is 0 Å². The van der Waals surface area contributed by atoms with Gasteiger partial charge in [-0.25, -0.2) is 0 Å². The second kappa shape index (κ2) is 7.99. The third kappa shape index (κ3) is 5.06. The van der Waals surface area contributed by atoms with Crippen LogP contribution in [-0.2, 0) is 9.53 Å². The largest absolute Gasteiger partial charge is 0.409 e. The molecule has 1 rings (SSSR count). The quantitative estimate of drug-likeness (QED) is 0.300. The van der Waals surface area contributed by atoms with E-state index >= 15 is 0 Å². The predicted molar refractivity (Wildman–Crippen MR) is 73.0 cm³/mol. The van der Waals surface area contributed by atoms with E-state index in [1.165, 1.54) is 0 Å². The average molecular weight is 271 g/mol. The lowest BCUT2D eigenvalue weighted by Crippen LogP contribution is -2.39. The maximum absolute atomic E-state index is 12.1. The van der Waals surface area contributed by atoms with Gasteiger partial charge < -0.3 is 20.6 Å². The average Bonchev–Trinajstić information content (AvgIpc) is 2.36. The topological polar surface area (TPSA) is 88.2 Å². The van der Waals surface area contributed by atoms with E-state index in [0.717, 1.165) is 19.4 Å². The van der Waals surface area contributed by atoms with Crippen molar-refractivity contribution in [3.8, 4) is 0 Å². The smallest absolute Gasteiger partial charge is 0.222 e. The monoisotopic (exact) mass is 271 g/mol. The van der Waals surface area contributed by atoms with Gasteiger partial charge >= 0.3 is 0 Å². The van der Waals surface area contributed by atoms with Gasteiger partial charge in [0.1, 0.15) is 5.84 Å². The van der Waals surface area contributed by atoms with Crippen LogP contribution in [0.15, 0.2) is 5.16 Å². The lowest BCUT2D eigenvalue weighted by atomic mass is 9.79. The first-order chi connectivity index (χ1) is 9.10. The summed E-state index contributed by atoms with van der Waals surface area (Å²) < 4.78 is 5.48. The van der Waals surface area contributed by atoms with Crippen molar-refractivity contribution in [3.05, 3.63) is 0 Å². The zero-order valence-electron chi connectivity index (χ0n) is 11.8. The minimum absolute atomic E-state index is 0.146. The number of carbonyl (C=O) groups excluding carboxylic acids is 1. The van der Waals surface area contributed by atoms with E-state index in [1.807, 2.05) is 13.8 Å². The summed E-state index contributed by atoms with van der Waals surface area (Å²) in [6.07, 6.45) is 3.29. The van der Waals surface area contributed by atoms with Crippen molar-refractivity contribution < 1.29 is 14.7 Å². The minimum Gasteiger partial charge on any atom is -0.409 e. The molecule has 1 amide bonds. The fourth-order valence-electron chi connectivity index (χ4n) is 2.35. The van der Waals surface area contributed by atoms with Crippen LogP contribution in [0.5, 0.6) is 0 Å². The van der Waals surface area contributed by atoms with Gasteiger partial charge in [-0.05, 0) is 32.6 Å². The Labute approximate surface area is 114 Å². The van der Waals surface area contributed by atoms with Crippen LogP contribution in [0.1, 0.15) is 39.5 Å². The Morgan fingerprint density at radius 2 is 2.16 bits per heavy atom.